The number of benzene rings is 1. The summed E-state index contributed by atoms with van der Waals surface area (Å²) in [5.41, 5.74) is 10.5. The Balaban J connectivity index is 2.30. The first kappa shape index (κ1) is 16.3. The Morgan fingerprint density at radius 2 is 2.00 bits per heavy atom. The molecule has 0 fully saturated rings. The molecule has 24 heavy (non-hydrogen) atoms. The Morgan fingerprint density at radius 1 is 1.29 bits per heavy atom. The molecule has 1 aliphatic carbocycles. The van der Waals surface area contributed by atoms with E-state index in [1.807, 2.05) is 55.3 Å². The second kappa shape index (κ2) is 6.14. The minimum absolute atomic E-state index is 0.122. The molecule has 0 spiro atoms. The fourth-order valence-corrected chi connectivity index (χ4v) is 3.75. The quantitative estimate of drug-likeness (QED) is 0.906. The normalized spacial score (nSPS) is 21.2. The second-order valence-corrected chi connectivity index (χ2v) is 6.50. The molecule has 1 aromatic rings. The highest BCUT2D eigenvalue weighted by Crippen LogP contribution is 2.45. The molecule has 124 valence electrons. The molecular weight excluding hydrogens is 300 g/mol. The van der Waals surface area contributed by atoms with Crippen LogP contribution in [0.2, 0.25) is 0 Å². The number of nitrogens with zero attached hydrogens (tertiary/aromatic N) is 3. The molecule has 1 aliphatic heterocycles. The van der Waals surface area contributed by atoms with Gasteiger partial charge in [-0.1, -0.05) is 24.3 Å². The Labute approximate surface area is 142 Å². The molecule has 5 nitrogen and oxygen atoms in total. The number of carbonyl (C=O) groups is 1. The number of hydrogen-bond donors (Lipinski definition) is 1. The molecule has 3 rings (SSSR count). The lowest BCUT2D eigenvalue weighted by Gasteiger charge is -2.42. The zero-order valence-electron chi connectivity index (χ0n) is 14.3. The highest BCUT2D eigenvalue weighted by molar-refractivity contribution is 5.99. The van der Waals surface area contributed by atoms with Crippen molar-refractivity contribution in [3.63, 3.8) is 0 Å². The topological polar surface area (TPSA) is 73.4 Å². The van der Waals surface area contributed by atoms with E-state index in [9.17, 15) is 10.1 Å². The number of ketones is 1. The third-order valence-electron chi connectivity index (χ3n) is 4.79. The minimum atomic E-state index is -0.366. The lowest BCUT2D eigenvalue weighted by molar-refractivity contribution is -0.116. The van der Waals surface area contributed by atoms with Crippen LogP contribution in [0.1, 0.15) is 36.3 Å². The summed E-state index contributed by atoms with van der Waals surface area (Å²) in [6, 6.07) is 10.2. The van der Waals surface area contributed by atoms with Crippen LogP contribution < -0.4 is 5.73 Å². The summed E-state index contributed by atoms with van der Waals surface area (Å²) >= 11 is 0. The van der Waals surface area contributed by atoms with Crippen molar-refractivity contribution in [2.75, 3.05) is 14.1 Å². The van der Waals surface area contributed by atoms with Crippen LogP contribution >= 0.6 is 0 Å². The van der Waals surface area contributed by atoms with Gasteiger partial charge in [-0.25, -0.2) is 5.01 Å². The summed E-state index contributed by atoms with van der Waals surface area (Å²) < 4.78 is 0. The van der Waals surface area contributed by atoms with Crippen LogP contribution in [0.3, 0.4) is 0 Å². The van der Waals surface area contributed by atoms with Gasteiger partial charge in [0.1, 0.15) is 5.82 Å². The molecule has 0 amide bonds. The molecule has 1 atom stereocenters. The Bertz CT molecular complexity index is 798. The van der Waals surface area contributed by atoms with Gasteiger partial charge < -0.3 is 5.73 Å². The van der Waals surface area contributed by atoms with Crippen molar-refractivity contribution >= 4 is 5.78 Å². The summed E-state index contributed by atoms with van der Waals surface area (Å²) in [5.74, 6) is 0.177. The highest BCUT2D eigenvalue weighted by Gasteiger charge is 2.40. The van der Waals surface area contributed by atoms with E-state index in [1.54, 1.807) is 0 Å². The van der Waals surface area contributed by atoms with E-state index in [2.05, 4.69) is 6.07 Å². The Hall–Kier alpha value is -2.58. The van der Waals surface area contributed by atoms with Crippen LogP contribution in [0.15, 0.2) is 46.9 Å². The molecule has 1 aromatic carbocycles. The molecule has 0 saturated heterocycles. The van der Waals surface area contributed by atoms with Crippen molar-refractivity contribution in [1.82, 2.24) is 10.0 Å². The van der Waals surface area contributed by atoms with E-state index in [0.29, 0.717) is 17.8 Å². The molecule has 1 unspecified atom stereocenters. The van der Waals surface area contributed by atoms with Gasteiger partial charge in [0.05, 0.1) is 17.6 Å². The van der Waals surface area contributed by atoms with Crippen LogP contribution in [0, 0.1) is 18.3 Å². The lowest BCUT2D eigenvalue weighted by Crippen LogP contribution is -2.45. The molecule has 0 saturated carbocycles. The summed E-state index contributed by atoms with van der Waals surface area (Å²) in [7, 11) is 3.75. The van der Waals surface area contributed by atoms with Crippen molar-refractivity contribution in [3.05, 3.63) is 58.1 Å². The first-order valence-corrected chi connectivity index (χ1v) is 8.16. The molecule has 0 bridgehead atoms. The Morgan fingerprint density at radius 3 is 2.62 bits per heavy atom. The van der Waals surface area contributed by atoms with Gasteiger partial charge in [-0.3, -0.25) is 9.80 Å². The van der Waals surface area contributed by atoms with Crippen LogP contribution in [-0.4, -0.2) is 29.9 Å². The average Bonchev–Trinajstić information content (AvgIpc) is 2.54. The van der Waals surface area contributed by atoms with E-state index < -0.39 is 0 Å². The third kappa shape index (κ3) is 2.40. The number of aryl methyl sites for hydroxylation is 1. The maximum absolute atomic E-state index is 12.8. The van der Waals surface area contributed by atoms with Crippen LogP contribution in [0.25, 0.3) is 0 Å². The van der Waals surface area contributed by atoms with Crippen molar-refractivity contribution in [2.24, 2.45) is 5.73 Å². The highest BCUT2D eigenvalue weighted by atomic mass is 16.1. The first-order chi connectivity index (χ1) is 11.5. The maximum Gasteiger partial charge on any atom is 0.161 e. The van der Waals surface area contributed by atoms with Gasteiger partial charge in [0, 0.05) is 31.8 Å². The minimum Gasteiger partial charge on any atom is -0.383 e. The van der Waals surface area contributed by atoms with Gasteiger partial charge >= 0.3 is 0 Å². The smallest absolute Gasteiger partial charge is 0.161 e. The number of Topliss-reactive ketones (excluding diaryl/α,β-unsaturated/α-hetero) is 1. The van der Waals surface area contributed by atoms with Crippen molar-refractivity contribution in [1.29, 1.82) is 5.26 Å². The fourth-order valence-electron chi connectivity index (χ4n) is 3.75. The molecule has 0 aromatic heterocycles. The van der Waals surface area contributed by atoms with Gasteiger partial charge in [-0.2, -0.15) is 5.26 Å². The van der Waals surface area contributed by atoms with Crippen LogP contribution in [0.5, 0.6) is 0 Å². The number of nitrogens with two attached hydrogens (primary N) is 1. The number of nitriles is 1. The summed E-state index contributed by atoms with van der Waals surface area (Å²) in [6.45, 7) is 2.01. The fraction of sp³-hybridized carbons (Fsp3) is 0.368. The largest absolute Gasteiger partial charge is 0.383 e. The number of hydrogen-bond acceptors (Lipinski definition) is 5. The third-order valence-corrected chi connectivity index (χ3v) is 4.79. The predicted octanol–water partition coefficient (Wildman–Crippen LogP) is 2.57. The van der Waals surface area contributed by atoms with Crippen LogP contribution in [0.4, 0.5) is 0 Å². The molecule has 2 aliphatic rings. The summed E-state index contributed by atoms with van der Waals surface area (Å²) in [4.78, 5) is 12.8. The van der Waals surface area contributed by atoms with Crippen LogP contribution in [-0.2, 0) is 4.79 Å². The number of hydrazine groups is 1. The summed E-state index contributed by atoms with van der Waals surface area (Å²) in [6.07, 6.45) is 2.14. The van der Waals surface area contributed by atoms with Crippen molar-refractivity contribution in [2.45, 2.75) is 32.1 Å². The van der Waals surface area contributed by atoms with Crippen molar-refractivity contribution in [3.8, 4) is 6.07 Å². The summed E-state index contributed by atoms with van der Waals surface area (Å²) in [5, 5.41) is 13.5. The van der Waals surface area contributed by atoms with Gasteiger partial charge in [0.2, 0.25) is 0 Å². The molecule has 5 heteroatoms. The van der Waals surface area contributed by atoms with E-state index in [4.69, 9.17) is 5.73 Å². The van der Waals surface area contributed by atoms with Gasteiger partial charge in [-0.15, -0.1) is 0 Å². The van der Waals surface area contributed by atoms with Gasteiger partial charge in [-0.05, 0) is 30.9 Å². The standard InChI is InChI=1S/C19H22N4O/c1-12-7-4-5-8-13(12)17-14(11-20)19(21)23(22(2)3)15-9-6-10-16(24)18(15)17/h4-5,7-8,17H,6,9-10,21H2,1-3H3. The molecule has 1 heterocycles. The second-order valence-electron chi connectivity index (χ2n) is 6.50. The molecule has 2 N–H and O–H groups in total. The van der Waals surface area contributed by atoms with Crippen molar-refractivity contribution < 1.29 is 4.79 Å². The molecule has 0 radical (unpaired) electrons. The maximum atomic E-state index is 12.8. The molecular formula is C19H22N4O. The monoisotopic (exact) mass is 322 g/mol. The first-order valence-electron chi connectivity index (χ1n) is 8.16. The Kier molecular flexibility index (Phi) is 4.16. The average molecular weight is 322 g/mol. The van der Waals surface area contributed by atoms with E-state index in [-0.39, 0.29) is 11.7 Å². The zero-order chi connectivity index (χ0) is 17.4. The number of rotatable bonds is 2. The number of carbonyl (C=O) groups excluding carboxylic acids is 1. The predicted molar refractivity (Wildman–Crippen MR) is 92.2 cm³/mol. The zero-order valence-corrected chi connectivity index (χ0v) is 14.3. The lowest BCUT2D eigenvalue weighted by atomic mass is 9.75. The number of allylic oxidation sites excluding steroid dienone is 3. The van der Waals surface area contributed by atoms with E-state index >= 15 is 0 Å². The SMILES string of the molecule is Cc1ccccc1C1C(C#N)=C(N)N(N(C)C)C2=C1C(=O)CCC2. The van der Waals surface area contributed by atoms with E-state index in [0.717, 1.165) is 35.2 Å². The van der Waals surface area contributed by atoms with Gasteiger partial charge in [0.25, 0.3) is 0 Å². The van der Waals surface area contributed by atoms with E-state index in [1.165, 1.54) is 0 Å². The van der Waals surface area contributed by atoms with Gasteiger partial charge in [0.15, 0.2) is 5.78 Å².